The van der Waals surface area contributed by atoms with Crippen molar-refractivity contribution in [1.82, 2.24) is 0 Å². The molecular formula is C24H27P3. The van der Waals surface area contributed by atoms with E-state index in [2.05, 4.69) is 91.0 Å². The van der Waals surface area contributed by atoms with Gasteiger partial charge in [0.05, 0.1) is 0 Å². The monoisotopic (exact) mass is 408 g/mol. The Morgan fingerprint density at radius 2 is 0.556 bits per heavy atom. The van der Waals surface area contributed by atoms with E-state index in [0.29, 0.717) is 0 Å². The fourth-order valence-electron chi connectivity index (χ4n) is 3.75. The molecule has 1 fully saturated rings. The molecule has 0 nitrogen and oxygen atoms in total. The maximum absolute atomic E-state index is 2.37. The Kier molecular flexibility index (Phi) is 7.09. The number of benzene rings is 3. The van der Waals surface area contributed by atoms with E-state index in [-0.39, 0.29) is 23.8 Å². The summed E-state index contributed by atoms with van der Waals surface area (Å²) in [7, 11) is -0.0873. The topological polar surface area (TPSA) is 0 Å². The van der Waals surface area contributed by atoms with Gasteiger partial charge in [-0.05, 0) is 52.9 Å². The molecule has 0 atom stereocenters. The van der Waals surface area contributed by atoms with Crippen LogP contribution in [-0.4, -0.2) is 37.0 Å². The number of rotatable bonds is 3. The van der Waals surface area contributed by atoms with Crippen LogP contribution in [0.15, 0.2) is 91.0 Å². The van der Waals surface area contributed by atoms with Gasteiger partial charge in [-0.15, -0.1) is 0 Å². The first-order chi connectivity index (χ1) is 13.4. The molecule has 4 rings (SSSR count). The largest absolute Gasteiger partial charge is 0.0746 e. The van der Waals surface area contributed by atoms with Gasteiger partial charge in [0.25, 0.3) is 0 Å². The van der Waals surface area contributed by atoms with Crippen molar-refractivity contribution in [2.24, 2.45) is 0 Å². The standard InChI is InChI=1S/C24H27P3/c1-4-10-22(11-5-1)25-16-18-26(23-12-6-2-7-13-23)20-21-27(19-17-25)24-14-8-3-9-15-24/h1-15H,16-21H2. The van der Waals surface area contributed by atoms with E-state index in [1.54, 1.807) is 15.9 Å². The molecule has 0 aliphatic carbocycles. The molecule has 1 aliphatic rings. The van der Waals surface area contributed by atoms with Gasteiger partial charge in [-0.25, -0.2) is 0 Å². The second-order valence-corrected chi connectivity index (χ2v) is 14.4. The zero-order valence-corrected chi connectivity index (χ0v) is 18.4. The van der Waals surface area contributed by atoms with Gasteiger partial charge >= 0.3 is 0 Å². The summed E-state index contributed by atoms with van der Waals surface area (Å²) in [5, 5.41) is 4.83. The first-order valence-corrected chi connectivity index (χ1v) is 14.9. The molecule has 1 aliphatic heterocycles. The Balaban J connectivity index is 1.60. The molecule has 0 aromatic heterocycles. The van der Waals surface area contributed by atoms with E-state index < -0.39 is 0 Å². The lowest BCUT2D eigenvalue weighted by Gasteiger charge is -2.21. The Labute approximate surface area is 167 Å². The van der Waals surface area contributed by atoms with Crippen LogP contribution in [0, 0.1) is 0 Å². The minimum Gasteiger partial charge on any atom is -0.0746 e. The van der Waals surface area contributed by atoms with E-state index in [1.807, 2.05) is 0 Å². The Hall–Kier alpha value is -1.05. The van der Waals surface area contributed by atoms with Gasteiger partial charge in [0.15, 0.2) is 0 Å². The Bertz CT molecular complexity index is 680. The average molecular weight is 408 g/mol. The highest BCUT2D eigenvalue weighted by Gasteiger charge is 2.22. The highest BCUT2D eigenvalue weighted by atomic mass is 31.1. The molecule has 0 amide bonds. The van der Waals surface area contributed by atoms with Crippen molar-refractivity contribution in [2.45, 2.75) is 0 Å². The molecule has 0 spiro atoms. The fraction of sp³-hybridized carbons (Fsp3) is 0.250. The predicted molar refractivity (Wildman–Crippen MR) is 128 cm³/mol. The summed E-state index contributed by atoms with van der Waals surface area (Å²) in [6.45, 7) is 0. The highest BCUT2D eigenvalue weighted by molar-refractivity contribution is 7.73. The quantitative estimate of drug-likeness (QED) is 0.508. The molecule has 3 heteroatoms. The fourth-order valence-corrected chi connectivity index (χ4v) is 13.5. The highest BCUT2D eigenvalue weighted by Crippen LogP contribution is 2.49. The molecule has 0 saturated carbocycles. The second kappa shape index (κ2) is 9.94. The normalized spacial score (nSPS) is 23.8. The minimum atomic E-state index is -0.0291. The van der Waals surface area contributed by atoms with E-state index in [1.165, 1.54) is 37.0 Å². The summed E-state index contributed by atoms with van der Waals surface area (Å²) in [6.07, 6.45) is 8.40. The van der Waals surface area contributed by atoms with E-state index in [4.69, 9.17) is 0 Å². The minimum absolute atomic E-state index is 0.0291. The number of hydrogen-bond donors (Lipinski definition) is 0. The van der Waals surface area contributed by atoms with Gasteiger partial charge in [0.1, 0.15) is 0 Å². The van der Waals surface area contributed by atoms with E-state index in [9.17, 15) is 0 Å². The average Bonchev–Trinajstić information content (AvgIpc) is 2.86. The Morgan fingerprint density at radius 1 is 0.333 bits per heavy atom. The van der Waals surface area contributed by atoms with Crippen molar-refractivity contribution in [3.63, 3.8) is 0 Å². The summed E-state index contributed by atoms with van der Waals surface area (Å²) in [5.41, 5.74) is 0. The predicted octanol–water partition coefficient (Wildman–Crippen LogP) is 5.42. The van der Waals surface area contributed by atoms with Crippen LogP contribution in [0.25, 0.3) is 0 Å². The molecule has 3 aromatic rings. The third-order valence-electron chi connectivity index (χ3n) is 5.28. The first kappa shape index (κ1) is 19.3. The third-order valence-corrected chi connectivity index (χ3v) is 14.0. The van der Waals surface area contributed by atoms with Gasteiger partial charge in [0.2, 0.25) is 0 Å². The van der Waals surface area contributed by atoms with Crippen LogP contribution in [0.4, 0.5) is 0 Å². The van der Waals surface area contributed by atoms with Crippen LogP contribution in [0.5, 0.6) is 0 Å². The molecule has 138 valence electrons. The van der Waals surface area contributed by atoms with Crippen molar-refractivity contribution in [3.05, 3.63) is 91.0 Å². The van der Waals surface area contributed by atoms with Crippen LogP contribution in [0.2, 0.25) is 0 Å². The molecule has 0 radical (unpaired) electrons. The van der Waals surface area contributed by atoms with Crippen LogP contribution >= 0.6 is 23.8 Å². The van der Waals surface area contributed by atoms with Crippen molar-refractivity contribution >= 4 is 39.7 Å². The summed E-state index contributed by atoms with van der Waals surface area (Å²) >= 11 is 0. The second-order valence-electron chi connectivity index (χ2n) is 6.97. The maximum Gasteiger partial charge on any atom is -0.0240 e. The molecule has 27 heavy (non-hydrogen) atoms. The van der Waals surface area contributed by atoms with Crippen molar-refractivity contribution in [2.75, 3.05) is 37.0 Å². The van der Waals surface area contributed by atoms with E-state index >= 15 is 0 Å². The van der Waals surface area contributed by atoms with Gasteiger partial charge in [-0.3, -0.25) is 0 Å². The molecule has 0 N–H and O–H groups in total. The van der Waals surface area contributed by atoms with Gasteiger partial charge in [0, 0.05) is 0 Å². The van der Waals surface area contributed by atoms with Crippen molar-refractivity contribution < 1.29 is 0 Å². The zero-order chi connectivity index (χ0) is 18.3. The third kappa shape index (κ3) is 5.27. The summed E-state index contributed by atoms with van der Waals surface area (Å²) in [5.74, 6) is 0. The van der Waals surface area contributed by atoms with Gasteiger partial charge < -0.3 is 0 Å². The zero-order valence-electron chi connectivity index (χ0n) is 15.7. The van der Waals surface area contributed by atoms with Crippen molar-refractivity contribution in [1.29, 1.82) is 0 Å². The molecule has 3 aromatic carbocycles. The van der Waals surface area contributed by atoms with Crippen LogP contribution in [0.3, 0.4) is 0 Å². The molecule has 1 heterocycles. The van der Waals surface area contributed by atoms with Crippen LogP contribution in [-0.2, 0) is 0 Å². The van der Waals surface area contributed by atoms with E-state index in [0.717, 1.165) is 0 Å². The molecule has 0 bridgehead atoms. The summed E-state index contributed by atoms with van der Waals surface area (Å²) < 4.78 is 0. The molecular weight excluding hydrogens is 381 g/mol. The van der Waals surface area contributed by atoms with Crippen LogP contribution in [0.1, 0.15) is 0 Å². The van der Waals surface area contributed by atoms with Crippen molar-refractivity contribution in [3.8, 4) is 0 Å². The SMILES string of the molecule is c1ccc(P2CCP(c3ccccc3)CCP(c3ccccc3)CC2)cc1. The molecule has 1 saturated heterocycles. The number of hydrogen-bond acceptors (Lipinski definition) is 0. The smallest absolute Gasteiger partial charge is 0.0240 e. The first-order valence-electron chi connectivity index (χ1n) is 9.80. The van der Waals surface area contributed by atoms with Gasteiger partial charge in [-0.2, -0.15) is 0 Å². The Morgan fingerprint density at radius 3 is 0.778 bits per heavy atom. The van der Waals surface area contributed by atoms with Gasteiger partial charge in [-0.1, -0.05) is 115 Å². The lowest BCUT2D eigenvalue weighted by atomic mass is 10.4. The lowest BCUT2D eigenvalue weighted by molar-refractivity contribution is 1.43. The summed E-state index contributed by atoms with van der Waals surface area (Å²) in [4.78, 5) is 0. The van der Waals surface area contributed by atoms with Crippen LogP contribution < -0.4 is 15.9 Å². The molecule has 0 unspecified atom stereocenters. The lowest BCUT2D eigenvalue weighted by Crippen LogP contribution is -2.11. The summed E-state index contributed by atoms with van der Waals surface area (Å²) in [6, 6.07) is 34.1. The maximum atomic E-state index is 2.37.